The van der Waals surface area contributed by atoms with Crippen molar-refractivity contribution in [3.05, 3.63) is 0 Å². The Labute approximate surface area is 124 Å². The summed E-state index contributed by atoms with van der Waals surface area (Å²) in [7, 11) is 2.16. The van der Waals surface area contributed by atoms with Crippen molar-refractivity contribution < 1.29 is 9.84 Å². The number of aliphatic hydroxyl groups excluding tert-OH is 1. The van der Waals surface area contributed by atoms with Gasteiger partial charge in [0.1, 0.15) is 0 Å². The highest BCUT2D eigenvalue weighted by Gasteiger charge is 2.21. The summed E-state index contributed by atoms with van der Waals surface area (Å²) >= 11 is 0. The van der Waals surface area contributed by atoms with Crippen LogP contribution >= 0.6 is 0 Å². The van der Waals surface area contributed by atoms with E-state index in [0.717, 1.165) is 51.6 Å². The molecule has 1 unspecified atom stereocenters. The van der Waals surface area contributed by atoms with Crippen molar-refractivity contribution in [3.8, 4) is 0 Å². The van der Waals surface area contributed by atoms with Crippen LogP contribution in [0.2, 0.25) is 0 Å². The van der Waals surface area contributed by atoms with Crippen molar-refractivity contribution in [2.75, 3.05) is 46.5 Å². The van der Waals surface area contributed by atoms with E-state index >= 15 is 0 Å². The number of rotatable bonds is 13. The molecule has 1 atom stereocenters. The van der Waals surface area contributed by atoms with E-state index in [2.05, 4.69) is 31.1 Å². The highest BCUT2D eigenvalue weighted by atomic mass is 16.5. The molecule has 0 aliphatic heterocycles. The van der Waals surface area contributed by atoms with E-state index in [1.807, 2.05) is 0 Å². The zero-order valence-electron chi connectivity index (χ0n) is 13.7. The van der Waals surface area contributed by atoms with Gasteiger partial charge in [0, 0.05) is 18.7 Å². The third kappa shape index (κ3) is 8.20. The van der Waals surface area contributed by atoms with Gasteiger partial charge in [0.25, 0.3) is 0 Å². The fourth-order valence-corrected chi connectivity index (χ4v) is 2.41. The van der Waals surface area contributed by atoms with E-state index in [1.54, 1.807) is 0 Å². The van der Waals surface area contributed by atoms with Crippen LogP contribution in [0.5, 0.6) is 0 Å². The van der Waals surface area contributed by atoms with Gasteiger partial charge in [-0.25, -0.2) is 0 Å². The molecule has 1 fully saturated rings. The molecule has 0 spiro atoms. The monoisotopic (exact) mass is 286 g/mol. The minimum absolute atomic E-state index is 0.110. The maximum Gasteiger partial charge on any atom is 0.0610 e. The van der Waals surface area contributed by atoms with E-state index < -0.39 is 0 Å². The molecule has 20 heavy (non-hydrogen) atoms. The lowest BCUT2D eigenvalue weighted by Crippen LogP contribution is -2.45. The Morgan fingerprint density at radius 3 is 2.65 bits per heavy atom. The van der Waals surface area contributed by atoms with Crippen LogP contribution in [-0.4, -0.2) is 62.0 Å². The maximum absolute atomic E-state index is 9.43. The molecule has 4 nitrogen and oxygen atoms in total. The SMILES string of the molecule is CCNC(C)(CO)CCCCN(C)CCOCC1CC1. The number of nitrogens with zero attached hydrogens (tertiary/aromatic N) is 1. The lowest BCUT2D eigenvalue weighted by atomic mass is 9.95. The summed E-state index contributed by atoms with van der Waals surface area (Å²) in [4.78, 5) is 2.34. The first kappa shape index (κ1) is 17.9. The second-order valence-electron chi connectivity index (χ2n) is 6.53. The molecule has 1 aliphatic carbocycles. The number of likely N-dealkylation sites (N-methyl/N-ethyl adjacent to an activating group) is 2. The molecule has 0 aromatic heterocycles. The summed E-state index contributed by atoms with van der Waals surface area (Å²) in [6.45, 7) is 9.28. The van der Waals surface area contributed by atoms with Gasteiger partial charge in [-0.2, -0.15) is 0 Å². The predicted molar refractivity (Wildman–Crippen MR) is 84.1 cm³/mol. The summed E-state index contributed by atoms with van der Waals surface area (Å²) in [6.07, 6.45) is 6.09. The number of hydrogen-bond donors (Lipinski definition) is 2. The lowest BCUT2D eigenvalue weighted by Gasteiger charge is -2.28. The molecule has 120 valence electrons. The van der Waals surface area contributed by atoms with Crippen LogP contribution < -0.4 is 5.32 Å². The molecule has 1 rings (SSSR count). The van der Waals surface area contributed by atoms with Crippen LogP contribution in [0.25, 0.3) is 0 Å². The highest BCUT2D eigenvalue weighted by molar-refractivity contribution is 4.81. The lowest BCUT2D eigenvalue weighted by molar-refractivity contribution is 0.102. The summed E-state index contributed by atoms with van der Waals surface area (Å²) in [6, 6.07) is 0. The zero-order valence-corrected chi connectivity index (χ0v) is 13.7. The fourth-order valence-electron chi connectivity index (χ4n) is 2.41. The first-order valence-corrected chi connectivity index (χ1v) is 8.22. The Hall–Kier alpha value is -0.160. The second-order valence-corrected chi connectivity index (χ2v) is 6.53. The minimum Gasteiger partial charge on any atom is -0.394 e. The average molecular weight is 286 g/mol. The summed E-state index contributed by atoms with van der Waals surface area (Å²) < 4.78 is 5.65. The van der Waals surface area contributed by atoms with Crippen molar-refractivity contribution in [1.29, 1.82) is 0 Å². The molecular weight excluding hydrogens is 252 g/mol. The van der Waals surface area contributed by atoms with E-state index in [-0.39, 0.29) is 12.1 Å². The smallest absolute Gasteiger partial charge is 0.0610 e. The molecule has 0 amide bonds. The van der Waals surface area contributed by atoms with Crippen molar-refractivity contribution in [2.24, 2.45) is 5.92 Å². The maximum atomic E-state index is 9.43. The third-order valence-corrected chi connectivity index (χ3v) is 4.14. The van der Waals surface area contributed by atoms with Crippen molar-refractivity contribution in [1.82, 2.24) is 10.2 Å². The number of nitrogens with one attached hydrogen (secondary N) is 1. The van der Waals surface area contributed by atoms with Crippen LogP contribution in [0.4, 0.5) is 0 Å². The fraction of sp³-hybridized carbons (Fsp3) is 1.00. The largest absolute Gasteiger partial charge is 0.394 e. The number of aliphatic hydroxyl groups is 1. The van der Waals surface area contributed by atoms with Crippen LogP contribution in [-0.2, 0) is 4.74 Å². The molecule has 1 aliphatic rings. The van der Waals surface area contributed by atoms with E-state index in [9.17, 15) is 5.11 Å². The van der Waals surface area contributed by atoms with Gasteiger partial charge in [0.2, 0.25) is 0 Å². The van der Waals surface area contributed by atoms with Crippen LogP contribution in [0.1, 0.15) is 46.0 Å². The van der Waals surface area contributed by atoms with Gasteiger partial charge >= 0.3 is 0 Å². The Bertz CT molecular complexity index is 247. The van der Waals surface area contributed by atoms with Gasteiger partial charge in [-0.15, -0.1) is 0 Å². The molecule has 0 aromatic carbocycles. The minimum atomic E-state index is -0.110. The van der Waals surface area contributed by atoms with Gasteiger partial charge in [-0.3, -0.25) is 0 Å². The Balaban J connectivity index is 1.95. The highest BCUT2D eigenvalue weighted by Crippen LogP contribution is 2.28. The summed E-state index contributed by atoms with van der Waals surface area (Å²) in [5, 5.41) is 12.8. The zero-order chi connectivity index (χ0) is 14.8. The normalized spacial score (nSPS) is 18.4. The number of unbranched alkanes of at least 4 members (excludes halogenated alkanes) is 1. The molecular formula is C16H34N2O2. The molecule has 0 radical (unpaired) electrons. The Morgan fingerprint density at radius 1 is 1.30 bits per heavy atom. The number of hydrogen-bond acceptors (Lipinski definition) is 4. The van der Waals surface area contributed by atoms with Gasteiger partial charge in [0.05, 0.1) is 13.2 Å². The quantitative estimate of drug-likeness (QED) is 0.507. The standard InChI is InChI=1S/C16H34N2O2/c1-4-17-16(2,14-19)9-5-6-10-18(3)11-12-20-13-15-7-8-15/h15,17,19H,4-14H2,1-3H3. The molecule has 0 saturated heterocycles. The summed E-state index contributed by atoms with van der Waals surface area (Å²) in [5.74, 6) is 0.863. The predicted octanol–water partition coefficient (Wildman–Crippen LogP) is 1.88. The van der Waals surface area contributed by atoms with Gasteiger partial charge < -0.3 is 20.1 Å². The molecule has 0 heterocycles. The van der Waals surface area contributed by atoms with E-state index in [1.165, 1.54) is 19.3 Å². The molecule has 0 aromatic rings. The van der Waals surface area contributed by atoms with Crippen LogP contribution in [0.3, 0.4) is 0 Å². The van der Waals surface area contributed by atoms with Gasteiger partial charge in [-0.1, -0.05) is 13.3 Å². The van der Waals surface area contributed by atoms with Crippen LogP contribution in [0, 0.1) is 5.92 Å². The Morgan fingerprint density at radius 2 is 2.05 bits per heavy atom. The average Bonchev–Trinajstić information content (AvgIpc) is 3.24. The molecule has 2 N–H and O–H groups in total. The van der Waals surface area contributed by atoms with Crippen molar-refractivity contribution >= 4 is 0 Å². The first-order valence-electron chi connectivity index (χ1n) is 8.22. The van der Waals surface area contributed by atoms with Gasteiger partial charge in [-0.05, 0) is 58.7 Å². The van der Waals surface area contributed by atoms with Crippen LogP contribution in [0.15, 0.2) is 0 Å². The van der Waals surface area contributed by atoms with Gasteiger partial charge in [0.15, 0.2) is 0 Å². The second kappa shape index (κ2) is 9.72. The van der Waals surface area contributed by atoms with E-state index in [4.69, 9.17) is 4.74 Å². The molecule has 4 heteroatoms. The number of ether oxygens (including phenoxy) is 1. The summed E-state index contributed by atoms with van der Waals surface area (Å²) in [5.41, 5.74) is -0.110. The van der Waals surface area contributed by atoms with Crippen molar-refractivity contribution in [3.63, 3.8) is 0 Å². The molecule has 1 saturated carbocycles. The first-order chi connectivity index (χ1) is 9.59. The Kier molecular flexibility index (Phi) is 8.69. The third-order valence-electron chi connectivity index (χ3n) is 4.14. The molecule has 0 bridgehead atoms. The van der Waals surface area contributed by atoms with E-state index in [0.29, 0.717) is 0 Å². The van der Waals surface area contributed by atoms with Crippen molar-refractivity contribution in [2.45, 2.75) is 51.5 Å². The topological polar surface area (TPSA) is 44.7 Å².